The number of piperazine rings is 1. The Morgan fingerprint density at radius 3 is 2.71 bits per heavy atom. The molecule has 1 aliphatic heterocycles. The van der Waals surface area contributed by atoms with Crippen LogP contribution in [-0.4, -0.2) is 43.3 Å². The lowest BCUT2D eigenvalue weighted by atomic mass is 9.80. The third-order valence-corrected chi connectivity index (χ3v) is 3.67. The fourth-order valence-electron chi connectivity index (χ4n) is 2.92. The molecule has 1 aliphatic carbocycles. The normalized spacial score (nSPS) is 28.1. The van der Waals surface area contributed by atoms with Gasteiger partial charge in [-0.25, -0.2) is 4.39 Å². The van der Waals surface area contributed by atoms with Crippen molar-refractivity contribution in [1.82, 2.24) is 10.2 Å². The molecule has 0 aromatic heterocycles. The number of nitrogens with zero attached hydrogens (tertiary/aromatic N) is 1. The lowest BCUT2D eigenvalue weighted by Gasteiger charge is -2.46. The maximum Gasteiger partial charge on any atom is 0.102 e. The Morgan fingerprint density at radius 2 is 2.00 bits per heavy atom. The number of alkyl halides is 1. The highest BCUT2D eigenvalue weighted by Gasteiger charge is 2.35. The average Bonchev–Trinajstić information content (AvgIpc) is 2.19. The van der Waals surface area contributed by atoms with E-state index in [1.54, 1.807) is 0 Å². The molecule has 2 rings (SSSR count). The van der Waals surface area contributed by atoms with E-state index in [0.29, 0.717) is 12.1 Å². The Hall–Kier alpha value is -0.150. The molecule has 1 heterocycles. The number of hydrogen-bond acceptors (Lipinski definition) is 2. The van der Waals surface area contributed by atoms with Crippen molar-refractivity contribution < 1.29 is 4.39 Å². The van der Waals surface area contributed by atoms with Crippen molar-refractivity contribution in [3.63, 3.8) is 0 Å². The molecule has 14 heavy (non-hydrogen) atoms. The van der Waals surface area contributed by atoms with Gasteiger partial charge >= 0.3 is 0 Å². The van der Waals surface area contributed by atoms with Crippen molar-refractivity contribution in [3.05, 3.63) is 0 Å². The molecule has 0 aromatic carbocycles. The summed E-state index contributed by atoms with van der Waals surface area (Å²) >= 11 is 0. The van der Waals surface area contributed by atoms with Crippen LogP contribution in [0.1, 0.15) is 32.1 Å². The van der Waals surface area contributed by atoms with E-state index in [1.165, 1.54) is 32.1 Å². The molecule has 0 atom stereocenters. The zero-order chi connectivity index (χ0) is 9.86. The topological polar surface area (TPSA) is 15.3 Å². The Labute approximate surface area is 85.9 Å². The minimum Gasteiger partial charge on any atom is -0.309 e. The maximum absolute atomic E-state index is 12.3. The predicted octanol–water partition coefficient (Wildman–Crippen LogP) is 1.56. The molecule has 0 unspecified atom stereocenters. The molecule has 82 valence electrons. The van der Waals surface area contributed by atoms with E-state index in [0.717, 1.165) is 19.6 Å². The molecule has 1 spiro atoms. The van der Waals surface area contributed by atoms with Gasteiger partial charge in [0.15, 0.2) is 0 Å². The molecule has 2 aliphatic rings. The van der Waals surface area contributed by atoms with Crippen LogP contribution in [0.4, 0.5) is 4.39 Å². The van der Waals surface area contributed by atoms with Crippen LogP contribution in [0.3, 0.4) is 0 Å². The van der Waals surface area contributed by atoms with Gasteiger partial charge in [-0.3, -0.25) is 4.90 Å². The zero-order valence-corrected chi connectivity index (χ0v) is 8.90. The Kier molecular flexibility index (Phi) is 3.39. The van der Waals surface area contributed by atoms with Crippen LogP contribution >= 0.6 is 0 Å². The standard InChI is InChI=1S/C11H21FN2/c12-6-8-14-9-7-13-11(10-14)4-2-1-3-5-11/h13H,1-10H2. The number of rotatable bonds is 2. The van der Waals surface area contributed by atoms with Crippen LogP contribution in [0, 0.1) is 0 Å². The van der Waals surface area contributed by atoms with Crippen molar-refractivity contribution in [2.75, 3.05) is 32.9 Å². The molecule has 1 N–H and O–H groups in total. The van der Waals surface area contributed by atoms with E-state index >= 15 is 0 Å². The summed E-state index contributed by atoms with van der Waals surface area (Å²) in [5, 5.41) is 3.66. The van der Waals surface area contributed by atoms with Crippen LogP contribution in [0.15, 0.2) is 0 Å². The monoisotopic (exact) mass is 200 g/mol. The first kappa shape index (κ1) is 10.4. The molecule has 2 nitrogen and oxygen atoms in total. The van der Waals surface area contributed by atoms with Crippen LogP contribution < -0.4 is 5.32 Å². The summed E-state index contributed by atoms with van der Waals surface area (Å²) < 4.78 is 12.3. The van der Waals surface area contributed by atoms with Crippen LogP contribution in [0.5, 0.6) is 0 Å². The molecule has 1 saturated carbocycles. The molecule has 0 bridgehead atoms. The van der Waals surface area contributed by atoms with Crippen molar-refractivity contribution in [2.24, 2.45) is 0 Å². The van der Waals surface area contributed by atoms with Gasteiger partial charge in [-0.1, -0.05) is 19.3 Å². The quantitative estimate of drug-likeness (QED) is 0.728. The molecule has 1 saturated heterocycles. The van der Waals surface area contributed by atoms with Crippen molar-refractivity contribution in [3.8, 4) is 0 Å². The highest BCUT2D eigenvalue weighted by atomic mass is 19.1. The van der Waals surface area contributed by atoms with Gasteiger partial charge in [0, 0.05) is 31.7 Å². The first-order chi connectivity index (χ1) is 6.85. The lowest BCUT2D eigenvalue weighted by Crippen LogP contribution is -2.61. The van der Waals surface area contributed by atoms with E-state index in [2.05, 4.69) is 10.2 Å². The van der Waals surface area contributed by atoms with Crippen molar-refractivity contribution in [2.45, 2.75) is 37.6 Å². The Bertz CT molecular complexity index is 171. The summed E-state index contributed by atoms with van der Waals surface area (Å²) in [6.45, 7) is 3.56. The predicted molar refractivity (Wildman–Crippen MR) is 56.2 cm³/mol. The second kappa shape index (κ2) is 4.58. The van der Waals surface area contributed by atoms with Crippen LogP contribution in [-0.2, 0) is 0 Å². The summed E-state index contributed by atoms with van der Waals surface area (Å²) in [4.78, 5) is 2.28. The highest BCUT2D eigenvalue weighted by Crippen LogP contribution is 2.30. The number of nitrogens with one attached hydrogen (secondary N) is 1. The molecular weight excluding hydrogens is 179 g/mol. The first-order valence-corrected chi connectivity index (χ1v) is 5.88. The van der Waals surface area contributed by atoms with Gasteiger partial charge in [-0.15, -0.1) is 0 Å². The van der Waals surface area contributed by atoms with E-state index in [4.69, 9.17) is 0 Å². The fraction of sp³-hybridized carbons (Fsp3) is 1.00. The molecule has 0 aromatic rings. The molecule has 3 heteroatoms. The fourth-order valence-corrected chi connectivity index (χ4v) is 2.92. The molecular formula is C11H21FN2. The average molecular weight is 200 g/mol. The summed E-state index contributed by atoms with van der Waals surface area (Å²) in [5.41, 5.74) is 0.339. The molecule has 0 radical (unpaired) electrons. The van der Waals surface area contributed by atoms with Gasteiger partial charge in [0.05, 0.1) is 0 Å². The molecule has 2 fully saturated rings. The van der Waals surface area contributed by atoms with Gasteiger partial charge < -0.3 is 5.32 Å². The van der Waals surface area contributed by atoms with Gasteiger partial charge in [0.25, 0.3) is 0 Å². The summed E-state index contributed by atoms with van der Waals surface area (Å²) in [5.74, 6) is 0. The first-order valence-electron chi connectivity index (χ1n) is 5.88. The number of halogens is 1. The minimum absolute atomic E-state index is 0.198. The molecule has 0 amide bonds. The van der Waals surface area contributed by atoms with E-state index in [1.807, 2.05) is 0 Å². The van der Waals surface area contributed by atoms with Gasteiger partial charge in [-0.05, 0) is 12.8 Å². The van der Waals surface area contributed by atoms with Crippen LogP contribution in [0.2, 0.25) is 0 Å². The van der Waals surface area contributed by atoms with Gasteiger partial charge in [0.2, 0.25) is 0 Å². The minimum atomic E-state index is -0.198. The maximum atomic E-state index is 12.3. The number of hydrogen-bond donors (Lipinski definition) is 1. The Morgan fingerprint density at radius 1 is 1.21 bits per heavy atom. The van der Waals surface area contributed by atoms with Gasteiger partial charge in [0.1, 0.15) is 6.67 Å². The Balaban J connectivity index is 1.91. The zero-order valence-electron chi connectivity index (χ0n) is 8.90. The highest BCUT2D eigenvalue weighted by molar-refractivity contribution is 4.96. The SMILES string of the molecule is FCCN1CCNC2(CCCCC2)C1. The lowest BCUT2D eigenvalue weighted by molar-refractivity contribution is 0.0947. The smallest absolute Gasteiger partial charge is 0.102 e. The van der Waals surface area contributed by atoms with Crippen LogP contribution in [0.25, 0.3) is 0 Å². The second-order valence-electron chi connectivity index (χ2n) is 4.73. The van der Waals surface area contributed by atoms with Crippen molar-refractivity contribution in [1.29, 1.82) is 0 Å². The summed E-state index contributed by atoms with van der Waals surface area (Å²) in [7, 11) is 0. The largest absolute Gasteiger partial charge is 0.309 e. The van der Waals surface area contributed by atoms with Crippen molar-refractivity contribution >= 4 is 0 Å². The van der Waals surface area contributed by atoms with E-state index in [9.17, 15) is 4.39 Å². The third-order valence-electron chi connectivity index (χ3n) is 3.67. The second-order valence-corrected chi connectivity index (χ2v) is 4.73. The third kappa shape index (κ3) is 2.26. The van der Waals surface area contributed by atoms with E-state index in [-0.39, 0.29) is 6.67 Å². The van der Waals surface area contributed by atoms with Gasteiger partial charge in [-0.2, -0.15) is 0 Å². The summed E-state index contributed by atoms with van der Waals surface area (Å²) in [6, 6.07) is 0. The van der Waals surface area contributed by atoms with E-state index < -0.39 is 0 Å². The summed E-state index contributed by atoms with van der Waals surface area (Å²) in [6.07, 6.45) is 6.64.